The lowest BCUT2D eigenvalue weighted by Crippen LogP contribution is -2.37. The molecule has 8 nitrogen and oxygen atoms in total. The smallest absolute Gasteiger partial charge is 0.317 e. The van der Waals surface area contributed by atoms with Crippen LogP contribution in [0.2, 0.25) is 0 Å². The number of benzene rings is 1. The van der Waals surface area contributed by atoms with Crippen LogP contribution in [0.4, 0.5) is 5.95 Å². The van der Waals surface area contributed by atoms with Crippen LogP contribution in [-0.4, -0.2) is 58.6 Å². The molecule has 1 aliphatic heterocycles. The van der Waals surface area contributed by atoms with Crippen molar-refractivity contribution in [3.8, 4) is 6.07 Å². The molecule has 2 atom stereocenters. The number of hydrogen-bond acceptors (Lipinski definition) is 7. The number of ether oxygens (including phenoxy) is 1. The van der Waals surface area contributed by atoms with Gasteiger partial charge in [-0.25, -0.2) is 9.67 Å². The monoisotopic (exact) mass is 380 g/mol. The Hall–Kier alpha value is -3.05. The van der Waals surface area contributed by atoms with Crippen LogP contribution < -0.4 is 0 Å². The summed E-state index contributed by atoms with van der Waals surface area (Å²) >= 11 is 0. The van der Waals surface area contributed by atoms with Crippen LogP contribution in [0.5, 0.6) is 0 Å². The van der Waals surface area contributed by atoms with Crippen LogP contribution in [0.15, 0.2) is 29.3 Å². The maximum Gasteiger partial charge on any atom is 0.317 e. The first-order valence-corrected chi connectivity index (χ1v) is 9.26. The van der Waals surface area contributed by atoms with E-state index in [-0.39, 0.29) is 5.97 Å². The van der Waals surface area contributed by atoms with Crippen LogP contribution in [0.1, 0.15) is 36.8 Å². The molecule has 0 fully saturated rings. The average Bonchev–Trinajstić information content (AvgIpc) is 3.08. The predicted octanol–water partition coefficient (Wildman–Crippen LogP) is 2.13. The van der Waals surface area contributed by atoms with Gasteiger partial charge in [0.2, 0.25) is 5.95 Å². The lowest BCUT2D eigenvalue weighted by molar-refractivity contribution is -0.146. The summed E-state index contributed by atoms with van der Waals surface area (Å²) in [6.07, 6.45) is 0.686. The second kappa shape index (κ2) is 8.31. The van der Waals surface area contributed by atoms with Gasteiger partial charge in [-0.3, -0.25) is 4.79 Å². The first kappa shape index (κ1) is 19.7. The maximum absolute atomic E-state index is 12.7. The molecular weight excluding hydrogens is 356 g/mol. The Bertz CT molecular complexity index is 923. The summed E-state index contributed by atoms with van der Waals surface area (Å²) in [5.74, 6) is 0.238. The zero-order valence-electron chi connectivity index (χ0n) is 16.6. The van der Waals surface area contributed by atoms with E-state index < -0.39 is 12.0 Å². The minimum absolute atomic E-state index is 0.293. The van der Waals surface area contributed by atoms with E-state index in [0.717, 1.165) is 12.1 Å². The van der Waals surface area contributed by atoms with Gasteiger partial charge in [-0.15, -0.1) is 0 Å². The Morgan fingerprint density at radius 1 is 1.32 bits per heavy atom. The minimum atomic E-state index is -0.594. The Morgan fingerprint density at radius 2 is 2.04 bits per heavy atom. The molecule has 1 aromatic carbocycles. The highest BCUT2D eigenvalue weighted by Crippen LogP contribution is 2.36. The van der Waals surface area contributed by atoms with E-state index in [4.69, 9.17) is 10.00 Å². The van der Waals surface area contributed by atoms with E-state index in [9.17, 15) is 4.79 Å². The van der Waals surface area contributed by atoms with Gasteiger partial charge in [0.05, 0.1) is 24.3 Å². The fraction of sp³-hybridized carbons (Fsp3) is 0.450. The van der Waals surface area contributed by atoms with E-state index in [1.165, 1.54) is 0 Å². The fourth-order valence-electron chi connectivity index (χ4n) is 3.27. The quantitative estimate of drug-likeness (QED) is 0.712. The molecule has 2 heterocycles. The van der Waals surface area contributed by atoms with E-state index in [2.05, 4.69) is 26.0 Å². The first-order chi connectivity index (χ1) is 13.4. The molecule has 2 unspecified atom stereocenters. The highest BCUT2D eigenvalue weighted by molar-refractivity contribution is 6.03. The average molecular weight is 380 g/mol. The predicted molar refractivity (Wildman–Crippen MR) is 104 cm³/mol. The van der Waals surface area contributed by atoms with Crippen molar-refractivity contribution < 1.29 is 9.53 Å². The van der Waals surface area contributed by atoms with E-state index >= 15 is 0 Å². The highest BCUT2D eigenvalue weighted by Gasteiger charge is 2.40. The third-order valence-corrected chi connectivity index (χ3v) is 4.67. The Labute approximate surface area is 164 Å². The van der Waals surface area contributed by atoms with Gasteiger partial charge in [0.1, 0.15) is 5.92 Å². The van der Waals surface area contributed by atoms with Crippen LogP contribution >= 0.6 is 0 Å². The zero-order valence-corrected chi connectivity index (χ0v) is 16.6. The van der Waals surface area contributed by atoms with Gasteiger partial charge in [0.25, 0.3) is 0 Å². The normalized spacial score (nSPS) is 18.4. The number of aromatic nitrogens is 3. The van der Waals surface area contributed by atoms with E-state index in [0.29, 0.717) is 36.1 Å². The van der Waals surface area contributed by atoms with Gasteiger partial charge >= 0.3 is 5.97 Å². The van der Waals surface area contributed by atoms with E-state index in [1.807, 2.05) is 33.2 Å². The topological polar surface area (TPSA) is 96.4 Å². The Morgan fingerprint density at radius 3 is 2.64 bits per heavy atom. The third-order valence-electron chi connectivity index (χ3n) is 4.67. The summed E-state index contributed by atoms with van der Waals surface area (Å²) in [7, 11) is 3.99. The molecule has 0 spiro atoms. The van der Waals surface area contributed by atoms with E-state index in [1.54, 1.807) is 23.7 Å². The van der Waals surface area contributed by atoms with Crippen molar-refractivity contribution in [2.24, 2.45) is 10.9 Å². The SMILES string of the molecule is CCOC(=O)C1C(C)=Nc2nc(CCN(C)C)nn2C1c1ccc(C#N)cc1. The summed E-state index contributed by atoms with van der Waals surface area (Å²) in [6.45, 7) is 4.70. The number of nitriles is 1. The fourth-order valence-corrected chi connectivity index (χ4v) is 3.27. The Kier molecular flexibility index (Phi) is 5.85. The Balaban J connectivity index is 2.06. The molecule has 0 N–H and O–H groups in total. The number of aliphatic imine (C=N–C) groups is 1. The van der Waals surface area contributed by atoms with Crippen molar-refractivity contribution in [2.75, 3.05) is 27.2 Å². The molecule has 0 aliphatic carbocycles. The highest BCUT2D eigenvalue weighted by atomic mass is 16.5. The van der Waals surface area contributed by atoms with Gasteiger partial charge in [0.15, 0.2) is 5.82 Å². The van der Waals surface area contributed by atoms with Crippen molar-refractivity contribution in [2.45, 2.75) is 26.3 Å². The minimum Gasteiger partial charge on any atom is -0.465 e. The maximum atomic E-state index is 12.7. The summed E-state index contributed by atoms with van der Waals surface area (Å²) in [6, 6.07) is 8.87. The molecule has 0 bridgehead atoms. The molecule has 1 aliphatic rings. The molecule has 3 rings (SSSR count). The van der Waals surface area contributed by atoms with Crippen LogP contribution in [-0.2, 0) is 16.0 Å². The molecule has 0 amide bonds. The number of esters is 1. The molecule has 1 aromatic heterocycles. The van der Waals surface area contributed by atoms with Crippen molar-refractivity contribution in [3.05, 3.63) is 41.2 Å². The van der Waals surface area contributed by atoms with Gasteiger partial charge in [-0.05, 0) is 45.6 Å². The number of nitrogens with zero attached hydrogens (tertiary/aromatic N) is 6. The zero-order chi connectivity index (χ0) is 20.3. The lowest BCUT2D eigenvalue weighted by Gasteiger charge is -2.29. The second-order valence-corrected chi connectivity index (χ2v) is 6.99. The summed E-state index contributed by atoms with van der Waals surface area (Å²) < 4.78 is 7.02. The largest absolute Gasteiger partial charge is 0.465 e. The molecular formula is C20H24N6O2. The summed E-state index contributed by atoms with van der Waals surface area (Å²) in [4.78, 5) is 23.9. The molecule has 146 valence electrons. The first-order valence-electron chi connectivity index (χ1n) is 9.26. The number of rotatable bonds is 6. The van der Waals surface area contributed by atoms with Crippen LogP contribution in [0, 0.1) is 17.2 Å². The van der Waals surface area contributed by atoms with Crippen LogP contribution in [0.25, 0.3) is 0 Å². The van der Waals surface area contributed by atoms with Crippen molar-refractivity contribution in [3.63, 3.8) is 0 Å². The second-order valence-electron chi connectivity index (χ2n) is 6.99. The standard InChI is InChI=1S/C20H24N6O2/c1-5-28-19(27)17-13(2)22-20-23-16(10-11-25(3)4)24-26(20)18(17)15-8-6-14(12-21)7-9-15/h6-9,17-18H,5,10-11H2,1-4H3. The van der Waals surface area contributed by atoms with Crippen molar-refractivity contribution in [1.82, 2.24) is 19.7 Å². The number of fused-ring (bicyclic) bond motifs is 1. The summed E-state index contributed by atoms with van der Waals surface area (Å²) in [5, 5.41) is 13.7. The molecule has 2 aromatic rings. The lowest BCUT2D eigenvalue weighted by atomic mass is 9.88. The number of hydrogen-bond donors (Lipinski definition) is 0. The van der Waals surface area contributed by atoms with Gasteiger partial charge in [0, 0.05) is 18.7 Å². The van der Waals surface area contributed by atoms with Crippen LogP contribution in [0.3, 0.4) is 0 Å². The van der Waals surface area contributed by atoms with Gasteiger partial charge < -0.3 is 9.64 Å². The van der Waals surface area contributed by atoms with Crippen molar-refractivity contribution in [1.29, 1.82) is 5.26 Å². The number of carbonyl (C=O) groups is 1. The van der Waals surface area contributed by atoms with Crippen molar-refractivity contribution >= 4 is 17.6 Å². The number of likely N-dealkylation sites (N-methyl/N-ethyl adjacent to an activating group) is 1. The molecule has 28 heavy (non-hydrogen) atoms. The molecule has 0 saturated carbocycles. The molecule has 0 radical (unpaired) electrons. The molecule has 8 heteroatoms. The van der Waals surface area contributed by atoms with Gasteiger partial charge in [-0.1, -0.05) is 12.1 Å². The summed E-state index contributed by atoms with van der Waals surface area (Å²) in [5.41, 5.74) is 2.06. The number of carbonyl (C=O) groups excluding carboxylic acids is 1. The third kappa shape index (κ3) is 3.94. The van der Waals surface area contributed by atoms with Gasteiger partial charge in [-0.2, -0.15) is 15.3 Å². The molecule has 0 saturated heterocycles.